The van der Waals surface area contributed by atoms with Gasteiger partial charge < -0.3 is 5.11 Å². The predicted octanol–water partition coefficient (Wildman–Crippen LogP) is 2.93. The smallest absolute Gasteiger partial charge is 0.0899 e. The predicted molar refractivity (Wildman–Crippen MR) is 61.5 cm³/mol. The van der Waals surface area contributed by atoms with E-state index in [1.54, 1.807) is 0 Å². The molecule has 0 saturated heterocycles. The Labute approximate surface area is 90.4 Å². The topological polar surface area (TPSA) is 20.2 Å². The molecule has 3 rings (SSSR count). The third kappa shape index (κ3) is 1.34. The van der Waals surface area contributed by atoms with E-state index in [1.165, 1.54) is 16.7 Å². The molecule has 0 atom stereocenters. The largest absolute Gasteiger partial charge is 0.385 e. The minimum Gasteiger partial charge on any atom is -0.385 e. The third-order valence-corrected chi connectivity index (χ3v) is 3.75. The maximum atomic E-state index is 10.4. The van der Waals surface area contributed by atoms with Crippen molar-refractivity contribution < 1.29 is 5.11 Å². The van der Waals surface area contributed by atoms with Gasteiger partial charge in [-0.25, -0.2) is 0 Å². The molecule has 1 fully saturated rings. The Bertz CT molecular complexity index is 413. The Balaban J connectivity index is 2.06. The molecule has 1 aromatic carbocycles. The summed E-state index contributed by atoms with van der Waals surface area (Å²) >= 11 is 0. The standard InChI is InChI=1S/C14H16O/c15-14(9-4-10-14)13-8-3-6-11-5-1-2-7-12(11)13/h1-2,5,7-8,15H,3-4,6,9-10H2. The van der Waals surface area contributed by atoms with Crippen LogP contribution in [0.5, 0.6) is 0 Å². The first-order valence-electron chi connectivity index (χ1n) is 5.81. The van der Waals surface area contributed by atoms with Gasteiger partial charge in [0.25, 0.3) is 0 Å². The van der Waals surface area contributed by atoms with Crippen LogP contribution in [0.15, 0.2) is 30.3 Å². The van der Waals surface area contributed by atoms with Gasteiger partial charge in [-0.15, -0.1) is 0 Å². The lowest BCUT2D eigenvalue weighted by Crippen LogP contribution is -2.38. The maximum Gasteiger partial charge on any atom is 0.0899 e. The molecular weight excluding hydrogens is 184 g/mol. The fraction of sp³-hybridized carbons (Fsp3) is 0.429. The zero-order chi connectivity index (χ0) is 10.3. The average Bonchev–Trinajstić information content (AvgIpc) is 2.25. The molecule has 0 unspecified atom stereocenters. The molecule has 0 bridgehead atoms. The molecule has 1 nitrogen and oxygen atoms in total. The van der Waals surface area contributed by atoms with Crippen LogP contribution in [0.3, 0.4) is 0 Å². The SMILES string of the molecule is OC1(C2=CCCc3ccccc32)CCC1. The van der Waals surface area contributed by atoms with Gasteiger partial charge in [-0.2, -0.15) is 0 Å². The van der Waals surface area contributed by atoms with Gasteiger partial charge in [-0.1, -0.05) is 30.3 Å². The van der Waals surface area contributed by atoms with Gasteiger partial charge in [-0.3, -0.25) is 0 Å². The summed E-state index contributed by atoms with van der Waals surface area (Å²) in [7, 11) is 0. The van der Waals surface area contributed by atoms with Gasteiger partial charge in [0, 0.05) is 0 Å². The monoisotopic (exact) mass is 200 g/mol. The molecule has 78 valence electrons. The van der Waals surface area contributed by atoms with E-state index < -0.39 is 5.60 Å². The molecule has 0 heterocycles. The first kappa shape index (κ1) is 9.17. The minimum atomic E-state index is -0.503. The summed E-state index contributed by atoms with van der Waals surface area (Å²) in [5.41, 5.74) is 3.37. The molecule has 2 aliphatic rings. The summed E-state index contributed by atoms with van der Waals surface area (Å²) in [5, 5.41) is 10.4. The second-order valence-electron chi connectivity index (χ2n) is 4.70. The average molecular weight is 200 g/mol. The second-order valence-corrected chi connectivity index (χ2v) is 4.70. The van der Waals surface area contributed by atoms with Crippen molar-refractivity contribution in [1.82, 2.24) is 0 Å². The van der Waals surface area contributed by atoms with Crippen molar-refractivity contribution in [3.8, 4) is 0 Å². The van der Waals surface area contributed by atoms with Gasteiger partial charge in [-0.05, 0) is 48.8 Å². The van der Waals surface area contributed by atoms with Crippen LogP contribution in [0.4, 0.5) is 0 Å². The Morgan fingerprint density at radius 1 is 1.13 bits per heavy atom. The summed E-state index contributed by atoms with van der Waals surface area (Å²) in [6.07, 6.45) is 7.47. The lowest BCUT2D eigenvalue weighted by Gasteiger charge is -2.40. The molecule has 0 spiro atoms. The molecule has 0 radical (unpaired) electrons. The number of fused-ring (bicyclic) bond motifs is 1. The minimum absolute atomic E-state index is 0.503. The van der Waals surface area contributed by atoms with E-state index >= 15 is 0 Å². The maximum absolute atomic E-state index is 10.4. The Kier molecular flexibility index (Phi) is 1.96. The van der Waals surface area contributed by atoms with Crippen molar-refractivity contribution in [3.63, 3.8) is 0 Å². The number of allylic oxidation sites excluding steroid dienone is 1. The molecule has 1 heteroatoms. The summed E-state index contributed by atoms with van der Waals surface area (Å²) < 4.78 is 0. The van der Waals surface area contributed by atoms with Crippen LogP contribution in [-0.4, -0.2) is 10.7 Å². The van der Waals surface area contributed by atoms with Gasteiger partial charge in [0.15, 0.2) is 0 Å². The highest BCUT2D eigenvalue weighted by Gasteiger charge is 2.39. The van der Waals surface area contributed by atoms with Crippen LogP contribution in [0.1, 0.15) is 36.8 Å². The van der Waals surface area contributed by atoms with Crippen molar-refractivity contribution in [2.75, 3.05) is 0 Å². The Morgan fingerprint density at radius 3 is 2.67 bits per heavy atom. The summed E-state index contributed by atoms with van der Waals surface area (Å²) in [4.78, 5) is 0. The fourth-order valence-corrected chi connectivity index (χ4v) is 2.70. The number of aryl methyl sites for hydroxylation is 1. The fourth-order valence-electron chi connectivity index (χ4n) is 2.70. The Morgan fingerprint density at radius 2 is 1.93 bits per heavy atom. The second kappa shape index (κ2) is 3.21. The highest BCUT2D eigenvalue weighted by molar-refractivity contribution is 5.76. The van der Waals surface area contributed by atoms with Crippen LogP contribution >= 0.6 is 0 Å². The summed E-state index contributed by atoms with van der Waals surface area (Å²) in [5.74, 6) is 0. The molecule has 0 aliphatic heterocycles. The zero-order valence-corrected chi connectivity index (χ0v) is 8.87. The van der Waals surface area contributed by atoms with Crippen molar-refractivity contribution in [2.24, 2.45) is 0 Å². The molecular formula is C14H16O. The molecule has 1 saturated carbocycles. The van der Waals surface area contributed by atoms with Crippen LogP contribution in [0.2, 0.25) is 0 Å². The highest BCUT2D eigenvalue weighted by atomic mass is 16.3. The number of aliphatic hydroxyl groups is 1. The quantitative estimate of drug-likeness (QED) is 0.739. The third-order valence-electron chi connectivity index (χ3n) is 3.75. The van der Waals surface area contributed by atoms with Crippen molar-refractivity contribution in [1.29, 1.82) is 0 Å². The number of hydrogen-bond acceptors (Lipinski definition) is 1. The molecule has 2 aliphatic carbocycles. The zero-order valence-electron chi connectivity index (χ0n) is 8.87. The first-order valence-corrected chi connectivity index (χ1v) is 5.81. The number of benzene rings is 1. The molecule has 0 aromatic heterocycles. The normalized spacial score (nSPS) is 22.6. The molecule has 1 N–H and O–H groups in total. The van der Waals surface area contributed by atoms with E-state index in [9.17, 15) is 5.11 Å². The first-order chi connectivity index (χ1) is 7.30. The number of rotatable bonds is 1. The summed E-state index contributed by atoms with van der Waals surface area (Å²) in [6, 6.07) is 8.49. The lowest BCUT2D eigenvalue weighted by molar-refractivity contribution is 0.0240. The van der Waals surface area contributed by atoms with Gasteiger partial charge in [0.05, 0.1) is 5.60 Å². The van der Waals surface area contributed by atoms with Gasteiger partial charge >= 0.3 is 0 Å². The van der Waals surface area contributed by atoms with Crippen LogP contribution in [-0.2, 0) is 6.42 Å². The van der Waals surface area contributed by atoms with Crippen molar-refractivity contribution in [2.45, 2.75) is 37.7 Å². The van der Waals surface area contributed by atoms with E-state index in [-0.39, 0.29) is 0 Å². The summed E-state index contributed by atoms with van der Waals surface area (Å²) in [6.45, 7) is 0. The van der Waals surface area contributed by atoms with E-state index in [2.05, 4.69) is 30.3 Å². The van der Waals surface area contributed by atoms with Gasteiger partial charge in [0.1, 0.15) is 0 Å². The lowest BCUT2D eigenvalue weighted by atomic mass is 9.70. The van der Waals surface area contributed by atoms with Crippen molar-refractivity contribution in [3.05, 3.63) is 41.5 Å². The van der Waals surface area contributed by atoms with E-state index in [4.69, 9.17) is 0 Å². The van der Waals surface area contributed by atoms with Crippen molar-refractivity contribution >= 4 is 5.57 Å². The van der Waals surface area contributed by atoms with Crippen LogP contribution < -0.4 is 0 Å². The van der Waals surface area contributed by atoms with E-state index in [0.29, 0.717) is 0 Å². The molecule has 0 amide bonds. The van der Waals surface area contributed by atoms with E-state index in [1.807, 2.05) is 0 Å². The van der Waals surface area contributed by atoms with E-state index in [0.717, 1.165) is 32.1 Å². The molecule has 15 heavy (non-hydrogen) atoms. The Hall–Kier alpha value is -1.08. The number of hydrogen-bond donors (Lipinski definition) is 1. The van der Waals surface area contributed by atoms with Gasteiger partial charge in [0.2, 0.25) is 0 Å². The van der Waals surface area contributed by atoms with Crippen LogP contribution in [0.25, 0.3) is 5.57 Å². The molecule has 1 aromatic rings. The highest BCUT2D eigenvalue weighted by Crippen LogP contribution is 2.45. The van der Waals surface area contributed by atoms with Crippen LogP contribution in [0, 0.1) is 0 Å².